The fourth-order valence-corrected chi connectivity index (χ4v) is 4.45. The monoisotopic (exact) mass is 336 g/mol. The van der Waals surface area contributed by atoms with Crippen LogP contribution in [0.1, 0.15) is 13.3 Å². The summed E-state index contributed by atoms with van der Waals surface area (Å²) in [6.07, 6.45) is 1.88. The summed E-state index contributed by atoms with van der Waals surface area (Å²) < 4.78 is 23.1. The van der Waals surface area contributed by atoms with Crippen molar-refractivity contribution in [3.63, 3.8) is 0 Å². The minimum Gasteiger partial charge on any atom is -0.310 e. The van der Waals surface area contributed by atoms with Crippen LogP contribution >= 0.6 is 0 Å². The minimum atomic E-state index is -3.13. The number of sulfone groups is 1. The maximum atomic E-state index is 12.5. The lowest BCUT2D eigenvalue weighted by Crippen LogP contribution is -2.40. The molecular weight excluding hydrogens is 320 g/mol. The largest absolute Gasteiger partial charge is 0.310 e. The molecule has 0 radical (unpaired) electrons. The number of rotatable bonds is 3. The van der Waals surface area contributed by atoms with Gasteiger partial charge in [0.15, 0.2) is 15.8 Å². The highest BCUT2D eigenvalue weighted by Gasteiger charge is 2.44. The molecule has 2 amide bonds. The fraction of sp³-hybridized carbons (Fsp3) is 0.429. The first-order chi connectivity index (χ1) is 10.9. The second kappa shape index (κ2) is 5.73. The van der Waals surface area contributed by atoms with Crippen molar-refractivity contribution >= 4 is 33.2 Å². The lowest BCUT2D eigenvalue weighted by atomic mass is 10.0. The minimum absolute atomic E-state index is 0.0425. The number of carbonyl (C=O) groups excluding carboxylic acids is 2. The first kappa shape index (κ1) is 15.6. The summed E-state index contributed by atoms with van der Waals surface area (Å²) in [5.74, 6) is -1.76. The quantitative estimate of drug-likeness (QED) is 0.784. The Morgan fingerprint density at radius 1 is 1.39 bits per heavy atom. The third-order valence-electron chi connectivity index (χ3n) is 3.89. The van der Waals surface area contributed by atoms with Crippen LogP contribution in [0.25, 0.3) is 0 Å². The molecule has 0 saturated carbocycles. The van der Waals surface area contributed by atoms with Gasteiger partial charge >= 0.3 is 0 Å². The van der Waals surface area contributed by atoms with Crippen molar-refractivity contribution in [2.45, 2.75) is 19.4 Å². The molecule has 122 valence electrons. The molecule has 8 nitrogen and oxygen atoms in total. The van der Waals surface area contributed by atoms with E-state index in [-0.39, 0.29) is 11.5 Å². The van der Waals surface area contributed by atoms with E-state index in [0.717, 1.165) is 5.01 Å². The topological polar surface area (TPSA) is 109 Å². The Morgan fingerprint density at radius 3 is 2.78 bits per heavy atom. The molecule has 0 bridgehead atoms. The molecule has 9 heteroatoms. The molecule has 3 rings (SSSR count). The zero-order valence-electron chi connectivity index (χ0n) is 12.5. The van der Waals surface area contributed by atoms with Crippen LogP contribution in [0.2, 0.25) is 0 Å². The van der Waals surface area contributed by atoms with Gasteiger partial charge in [-0.1, -0.05) is 6.07 Å². The molecule has 1 fully saturated rings. The van der Waals surface area contributed by atoms with E-state index >= 15 is 0 Å². The molecule has 0 spiro atoms. The Kier molecular flexibility index (Phi) is 3.88. The number of nitrogens with one attached hydrogen (secondary N) is 1. The highest BCUT2D eigenvalue weighted by molar-refractivity contribution is 7.91. The lowest BCUT2D eigenvalue weighted by molar-refractivity contribution is -0.137. The molecule has 2 aliphatic heterocycles. The first-order valence-corrected chi connectivity index (χ1v) is 9.00. The normalized spacial score (nSPS) is 26.2. The van der Waals surface area contributed by atoms with Crippen molar-refractivity contribution in [2.75, 3.05) is 16.8 Å². The van der Waals surface area contributed by atoms with Crippen LogP contribution in [0.5, 0.6) is 0 Å². The van der Waals surface area contributed by atoms with E-state index in [4.69, 9.17) is 0 Å². The van der Waals surface area contributed by atoms with Crippen LogP contribution in [-0.4, -0.2) is 53.5 Å². The number of amides is 2. The van der Waals surface area contributed by atoms with Crippen LogP contribution in [0.15, 0.2) is 29.5 Å². The standard InChI is InChI=1S/C14H16N4O4S/c1-9-12(13(19)16-11-4-2-3-6-15-11)14(20)18(17-9)10-5-7-23(21,22)8-10/h2-4,6,10,12H,5,7-8H2,1H3,(H,15,16,19)/t10-,12-/m0/s1. The van der Waals surface area contributed by atoms with Gasteiger partial charge in [0, 0.05) is 6.20 Å². The van der Waals surface area contributed by atoms with Gasteiger partial charge in [0.2, 0.25) is 5.91 Å². The second-order valence-electron chi connectivity index (χ2n) is 5.62. The zero-order chi connectivity index (χ0) is 16.6. The summed E-state index contributed by atoms with van der Waals surface area (Å²) in [6.45, 7) is 1.59. The van der Waals surface area contributed by atoms with Crippen LogP contribution < -0.4 is 5.32 Å². The Balaban J connectivity index is 1.74. The van der Waals surface area contributed by atoms with Crippen molar-refractivity contribution in [3.05, 3.63) is 24.4 Å². The molecule has 2 aliphatic rings. The number of anilines is 1. The molecule has 0 aromatic carbocycles. The fourth-order valence-electron chi connectivity index (χ4n) is 2.75. The van der Waals surface area contributed by atoms with Gasteiger partial charge in [-0.3, -0.25) is 9.59 Å². The number of carbonyl (C=O) groups is 2. The van der Waals surface area contributed by atoms with Gasteiger partial charge < -0.3 is 5.32 Å². The summed E-state index contributed by atoms with van der Waals surface area (Å²) in [7, 11) is -3.13. The Hall–Kier alpha value is -2.29. The molecule has 0 aliphatic carbocycles. The summed E-state index contributed by atoms with van der Waals surface area (Å²) >= 11 is 0. The van der Waals surface area contributed by atoms with Gasteiger partial charge in [0.05, 0.1) is 23.3 Å². The number of hydrogen-bond acceptors (Lipinski definition) is 6. The molecule has 1 saturated heterocycles. The summed E-state index contributed by atoms with van der Waals surface area (Å²) in [5.41, 5.74) is 0.354. The van der Waals surface area contributed by atoms with E-state index in [9.17, 15) is 18.0 Å². The van der Waals surface area contributed by atoms with Crippen molar-refractivity contribution in [1.29, 1.82) is 0 Å². The SMILES string of the molecule is CC1=NN([C@H]2CCS(=O)(=O)C2)C(=O)[C@@H]1C(=O)Nc1ccccn1. The van der Waals surface area contributed by atoms with Crippen molar-refractivity contribution in [2.24, 2.45) is 11.0 Å². The maximum absolute atomic E-state index is 12.5. The zero-order valence-corrected chi connectivity index (χ0v) is 13.3. The molecule has 1 aromatic rings. The van der Waals surface area contributed by atoms with E-state index in [2.05, 4.69) is 15.4 Å². The van der Waals surface area contributed by atoms with Gasteiger partial charge in [0.25, 0.3) is 5.91 Å². The second-order valence-corrected chi connectivity index (χ2v) is 7.85. The van der Waals surface area contributed by atoms with E-state index < -0.39 is 33.6 Å². The van der Waals surface area contributed by atoms with Crippen LogP contribution in [-0.2, 0) is 19.4 Å². The molecule has 1 N–H and O–H groups in total. The summed E-state index contributed by atoms with van der Waals surface area (Å²) in [5, 5.41) is 7.85. The lowest BCUT2D eigenvalue weighted by Gasteiger charge is -2.19. The Labute approximate surface area is 133 Å². The van der Waals surface area contributed by atoms with Crippen LogP contribution in [0.3, 0.4) is 0 Å². The van der Waals surface area contributed by atoms with Crippen molar-refractivity contribution in [3.8, 4) is 0 Å². The molecule has 2 atom stereocenters. The van der Waals surface area contributed by atoms with Crippen LogP contribution in [0, 0.1) is 5.92 Å². The third-order valence-corrected chi connectivity index (χ3v) is 5.64. The number of pyridine rings is 1. The highest BCUT2D eigenvalue weighted by atomic mass is 32.2. The summed E-state index contributed by atoms with van der Waals surface area (Å²) in [4.78, 5) is 28.8. The smallest absolute Gasteiger partial charge is 0.261 e. The number of nitrogens with zero attached hydrogens (tertiary/aromatic N) is 3. The predicted octanol–water partition coefficient (Wildman–Crippen LogP) is 0.0415. The summed E-state index contributed by atoms with van der Waals surface area (Å²) in [6, 6.07) is 4.56. The van der Waals surface area contributed by atoms with Crippen LogP contribution in [0.4, 0.5) is 5.82 Å². The third kappa shape index (κ3) is 3.09. The number of hydrazone groups is 1. The molecule has 23 heavy (non-hydrogen) atoms. The number of hydrogen-bond donors (Lipinski definition) is 1. The molecular formula is C14H16N4O4S. The highest BCUT2D eigenvalue weighted by Crippen LogP contribution is 2.25. The average molecular weight is 336 g/mol. The van der Waals surface area contributed by atoms with Gasteiger partial charge in [-0.05, 0) is 25.5 Å². The molecule has 3 heterocycles. The number of aromatic nitrogens is 1. The van der Waals surface area contributed by atoms with E-state index in [1.165, 1.54) is 6.20 Å². The maximum Gasteiger partial charge on any atom is 0.261 e. The predicted molar refractivity (Wildman–Crippen MR) is 83.4 cm³/mol. The van der Waals surface area contributed by atoms with Gasteiger partial charge in [-0.2, -0.15) is 5.10 Å². The van der Waals surface area contributed by atoms with Gasteiger partial charge in [-0.15, -0.1) is 0 Å². The average Bonchev–Trinajstić information content (AvgIpc) is 2.99. The van der Waals surface area contributed by atoms with Gasteiger partial charge in [-0.25, -0.2) is 18.4 Å². The Morgan fingerprint density at radius 2 is 2.17 bits per heavy atom. The molecule has 1 aromatic heterocycles. The van der Waals surface area contributed by atoms with E-state index in [0.29, 0.717) is 18.0 Å². The van der Waals surface area contributed by atoms with Crippen molar-refractivity contribution in [1.82, 2.24) is 9.99 Å². The molecule has 0 unspecified atom stereocenters. The van der Waals surface area contributed by atoms with E-state index in [1.807, 2.05) is 0 Å². The van der Waals surface area contributed by atoms with E-state index in [1.54, 1.807) is 25.1 Å². The van der Waals surface area contributed by atoms with Gasteiger partial charge in [0.1, 0.15) is 5.82 Å². The Bertz CT molecular complexity index is 775. The van der Waals surface area contributed by atoms with Crippen molar-refractivity contribution < 1.29 is 18.0 Å². The first-order valence-electron chi connectivity index (χ1n) is 7.18.